The highest BCUT2D eigenvalue weighted by Crippen LogP contribution is 2.36. The third kappa shape index (κ3) is 4.79. The summed E-state index contributed by atoms with van der Waals surface area (Å²) in [6.07, 6.45) is 3.31. The van der Waals surface area contributed by atoms with Crippen LogP contribution in [0.25, 0.3) is 16.8 Å². The molecule has 0 aromatic heterocycles. The van der Waals surface area contributed by atoms with Gasteiger partial charge in [-0.1, -0.05) is 43.7 Å². The van der Waals surface area contributed by atoms with Crippen molar-refractivity contribution in [2.45, 2.75) is 26.7 Å². The van der Waals surface area contributed by atoms with Crippen molar-refractivity contribution >= 4 is 45.7 Å². The van der Waals surface area contributed by atoms with Crippen LogP contribution in [0.3, 0.4) is 0 Å². The van der Waals surface area contributed by atoms with E-state index in [0.717, 1.165) is 45.8 Å². The molecule has 1 aliphatic rings. The van der Waals surface area contributed by atoms with Crippen LogP contribution in [0.5, 0.6) is 5.75 Å². The standard InChI is InChI=1S/C22H23NO5S/c1-3-5-12-28-20(24)14-23-21(25)19(29-22(23)26)13-17-16-9-7-6-8-15(16)10-11-18(17)27-4-2/h6-11,13H,3-5,12,14H2,1-2H3/b19-13+. The number of hydrogen-bond acceptors (Lipinski definition) is 6. The lowest BCUT2D eigenvalue weighted by molar-refractivity contribution is -0.146. The molecule has 0 aliphatic carbocycles. The summed E-state index contributed by atoms with van der Waals surface area (Å²) >= 11 is 0.818. The number of amides is 2. The number of esters is 1. The topological polar surface area (TPSA) is 72.9 Å². The van der Waals surface area contributed by atoms with Gasteiger partial charge in [0.2, 0.25) is 0 Å². The Kier molecular flexibility index (Phi) is 6.93. The molecule has 2 aromatic carbocycles. The van der Waals surface area contributed by atoms with Crippen LogP contribution < -0.4 is 4.74 Å². The third-order valence-corrected chi connectivity index (χ3v) is 5.34. The van der Waals surface area contributed by atoms with Gasteiger partial charge in [0.25, 0.3) is 11.1 Å². The fraction of sp³-hybridized carbons (Fsp3) is 0.318. The van der Waals surface area contributed by atoms with Crippen LogP contribution in [0, 0.1) is 0 Å². The van der Waals surface area contributed by atoms with E-state index in [4.69, 9.17) is 9.47 Å². The average molecular weight is 413 g/mol. The largest absolute Gasteiger partial charge is 0.493 e. The monoisotopic (exact) mass is 413 g/mol. The first-order chi connectivity index (χ1) is 14.0. The van der Waals surface area contributed by atoms with E-state index in [1.54, 1.807) is 6.08 Å². The summed E-state index contributed by atoms with van der Waals surface area (Å²) in [5.74, 6) is -0.443. The highest BCUT2D eigenvalue weighted by molar-refractivity contribution is 8.18. The number of imide groups is 1. The van der Waals surface area contributed by atoms with E-state index in [0.29, 0.717) is 12.4 Å². The lowest BCUT2D eigenvalue weighted by Crippen LogP contribution is -2.34. The van der Waals surface area contributed by atoms with Gasteiger partial charge < -0.3 is 9.47 Å². The number of unbranched alkanes of at least 4 members (excludes halogenated alkanes) is 1. The van der Waals surface area contributed by atoms with Crippen LogP contribution in [-0.2, 0) is 14.3 Å². The Morgan fingerprint density at radius 1 is 1.14 bits per heavy atom. The molecule has 1 saturated heterocycles. The number of benzene rings is 2. The third-order valence-electron chi connectivity index (χ3n) is 4.43. The van der Waals surface area contributed by atoms with Gasteiger partial charge in [-0.15, -0.1) is 0 Å². The summed E-state index contributed by atoms with van der Waals surface area (Å²) in [6.45, 7) is 4.26. The van der Waals surface area contributed by atoms with Gasteiger partial charge in [-0.3, -0.25) is 19.3 Å². The van der Waals surface area contributed by atoms with E-state index < -0.39 is 17.1 Å². The van der Waals surface area contributed by atoms with Crippen molar-refractivity contribution in [2.24, 2.45) is 0 Å². The molecule has 1 aliphatic heterocycles. The summed E-state index contributed by atoms with van der Waals surface area (Å²) in [5, 5.41) is 1.44. The molecule has 0 unspecified atom stereocenters. The predicted octanol–water partition coefficient (Wildman–Crippen LogP) is 4.62. The van der Waals surface area contributed by atoms with Crippen molar-refractivity contribution in [1.29, 1.82) is 0 Å². The fourth-order valence-electron chi connectivity index (χ4n) is 2.98. The predicted molar refractivity (Wildman–Crippen MR) is 114 cm³/mol. The highest BCUT2D eigenvalue weighted by atomic mass is 32.2. The number of rotatable bonds is 8. The van der Waals surface area contributed by atoms with Gasteiger partial charge in [-0.2, -0.15) is 0 Å². The lowest BCUT2D eigenvalue weighted by Gasteiger charge is -2.12. The minimum absolute atomic E-state index is 0.258. The number of nitrogens with zero attached hydrogens (tertiary/aromatic N) is 1. The zero-order chi connectivity index (χ0) is 20.8. The molecule has 152 valence electrons. The molecule has 6 nitrogen and oxygen atoms in total. The van der Waals surface area contributed by atoms with Crippen molar-refractivity contribution in [3.8, 4) is 5.75 Å². The maximum Gasteiger partial charge on any atom is 0.326 e. The smallest absolute Gasteiger partial charge is 0.326 e. The molecule has 7 heteroatoms. The van der Waals surface area contributed by atoms with E-state index in [-0.39, 0.29) is 18.1 Å². The molecule has 1 fully saturated rings. The molecule has 29 heavy (non-hydrogen) atoms. The molecule has 1 heterocycles. The molecule has 2 amide bonds. The molecule has 0 spiro atoms. The Bertz CT molecular complexity index is 969. The number of thioether (sulfide) groups is 1. The molecule has 3 rings (SSSR count). The van der Waals surface area contributed by atoms with Crippen molar-refractivity contribution < 1.29 is 23.9 Å². The Balaban J connectivity index is 1.88. The zero-order valence-electron chi connectivity index (χ0n) is 16.5. The van der Waals surface area contributed by atoms with Crippen molar-refractivity contribution in [3.63, 3.8) is 0 Å². The first-order valence-corrected chi connectivity index (χ1v) is 10.4. The summed E-state index contributed by atoms with van der Waals surface area (Å²) in [5.41, 5.74) is 0.737. The van der Waals surface area contributed by atoms with E-state index in [9.17, 15) is 14.4 Å². The van der Waals surface area contributed by atoms with Gasteiger partial charge in [0.1, 0.15) is 12.3 Å². The molecular weight excluding hydrogens is 390 g/mol. The highest BCUT2D eigenvalue weighted by Gasteiger charge is 2.37. The van der Waals surface area contributed by atoms with Crippen LogP contribution >= 0.6 is 11.8 Å². The molecular formula is C22H23NO5S. The fourth-order valence-corrected chi connectivity index (χ4v) is 3.80. The minimum Gasteiger partial charge on any atom is -0.493 e. The molecule has 0 atom stereocenters. The van der Waals surface area contributed by atoms with Crippen LogP contribution in [0.1, 0.15) is 32.3 Å². The summed E-state index contributed by atoms with van der Waals surface area (Å²) in [6, 6.07) is 11.6. The van der Waals surface area contributed by atoms with E-state index in [1.165, 1.54) is 0 Å². The van der Waals surface area contributed by atoms with E-state index in [2.05, 4.69) is 0 Å². The van der Waals surface area contributed by atoms with Crippen molar-refractivity contribution in [2.75, 3.05) is 19.8 Å². The van der Waals surface area contributed by atoms with Gasteiger partial charge in [0.15, 0.2) is 0 Å². The molecule has 0 saturated carbocycles. The average Bonchev–Trinajstić information content (AvgIpc) is 2.97. The first kappa shape index (κ1) is 20.9. The van der Waals surface area contributed by atoms with Crippen LogP contribution in [0.2, 0.25) is 0 Å². The maximum atomic E-state index is 12.8. The number of carbonyl (C=O) groups excluding carboxylic acids is 3. The Labute approximate surface area is 173 Å². The van der Waals surface area contributed by atoms with Crippen molar-refractivity contribution in [3.05, 3.63) is 46.9 Å². The van der Waals surface area contributed by atoms with Crippen molar-refractivity contribution in [1.82, 2.24) is 4.90 Å². The van der Waals surface area contributed by atoms with Gasteiger partial charge in [-0.25, -0.2) is 0 Å². The number of ether oxygens (including phenoxy) is 2. The zero-order valence-corrected chi connectivity index (χ0v) is 17.3. The van der Waals surface area contributed by atoms with Gasteiger partial charge >= 0.3 is 5.97 Å². The first-order valence-electron chi connectivity index (χ1n) is 9.60. The van der Waals surface area contributed by atoms with Gasteiger partial charge in [0.05, 0.1) is 18.1 Å². The van der Waals surface area contributed by atoms with Gasteiger partial charge in [-0.05, 0) is 48.0 Å². The van der Waals surface area contributed by atoms with Crippen LogP contribution in [0.4, 0.5) is 4.79 Å². The summed E-state index contributed by atoms with van der Waals surface area (Å²) in [4.78, 5) is 38.2. The lowest BCUT2D eigenvalue weighted by atomic mass is 10.0. The molecule has 2 aromatic rings. The Morgan fingerprint density at radius 3 is 2.69 bits per heavy atom. The van der Waals surface area contributed by atoms with Crippen LogP contribution in [-0.4, -0.2) is 41.8 Å². The second-order valence-electron chi connectivity index (χ2n) is 6.47. The molecule has 0 radical (unpaired) electrons. The summed E-state index contributed by atoms with van der Waals surface area (Å²) < 4.78 is 10.8. The second kappa shape index (κ2) is 9.60. The quantitative estimate of drug-likeness (QED) is 0.357. The second-order valence-corrected chi connectivity index (χ2v) is 7.47. The SMILES string of the molecule is CCCCOC(=O)CN1C(=O)S/C(=C/c2c(OCC)ccc3ccccc23)C1=O. The number of carbonyl (C=O) groups is 3. The normalized spacial score (nSPS) is 15.4. The van der Waals surface area contributed by atoms with E-state index >= 15 is 0 Å². The minimum atomic E-state index is -0.581. The Morgan fingerprint density at radius 2 is 1.93 bits per heavy atom. The Hall–Kier alpha value is -2.80. The number of fused-ring (bicyclic) bond motifs is 1. The molecule has 0 bridgehead atoms. The molecule has 0 N–H and O–H groups in total. The van der Waals surface area contributed by atoms with Crippen LogP contribution in [0.15, 0.2) is 41.3 Å². The van der Waals surface area contributed by atoms with E-state index in [1.807, 2.05) is 50.2 Å². The van der Waals surface area contributed by atoms with Gasteiger partial charge in [0, 0.05) is 5.56 Å². The maximum absolute atomic E-state index is 12.8. The number of hydrogen-bond donors (Lipinski definition) is 0. The summed E-state index contributed by atoms with van der Waals surface area (Å²) in [7, 11) is 0.